The summed E-state index contributed by atoms with van der Waals surface area (Å²) in [6.45, 7) is 3.64. The van der Waals surface area contributed by atoms with E-state index in [1.165, 1.54) is 7.11 Å². The summed E-state index contributed by atoms with van der Waals surface area (Å²) in [5.74, 6) is -0.841. The number of methoxy groups -OCH3 is 1. The van der Waals surface area contributed by atoms with Crippen LogP contribution in [0.3, 0.4) is 0 Å². The quantitative estimate of drug-likeness (QED) is 0.610. The van der Waals surface area contributed by atoms with Gasteiger partial charge in [-0.2, -0.15) is 0 Å². The van der Waals surface area contributed by atoms with Crippen LogP contribution < -0.4 is 0 Å². The lowest BCUT2D eigenvalue weighted by molar-refractivity contribution is -0.166. The summed E-state index contributed by atoms with van der Waals surface area (Å²) in [6, 6.07) is 0. The average Bonchev–Trinajstić information content (AvgIpc) is 2.13. The van der Waals surface area contributed by atoms with Crippen LogP contribution in [0.5, 0.6) is 0 Å². The second-order valence-electron chi connectivity index (χ2n) is 2.66. The van der Waals surface area contributed by atoms with Gasteiger partial charge in [0, 0.05) is 6.42 Å². The predicted octanol–water partition coefficient (Wildman–Crippen LogP) is 1.28. The molecule has 0 aliphatic carbocycles. The molecule has 1 atom stereocenters. The van der Waals surface area contributed by atoms with Crippen LogP contribution in [-0.2, 0) is 19.1 Å². The fourth-order valence-corrected chi connectivity index (χ4v) is 0.851. The van der Waals surface area contributed by atoms with E-state index in [1.54, 1.807) is 6.92 Å². The van der Waals surface area contributed by atoms with Gasteiger partial charge in [0.2, 0.25) is 0 Å². The van der Waals surface area contributed by atoms with Crippen molar-refractivity contribution in [1.82, 2.24) is 0 Å². The molecule has 0 radical (unpaired) electrons. The first-order chi connectivity index (χ1) is 6.15. The van der Waals surface area contributed by atoms with Crippen molar-refractivity contribution in [2.75, 3.05) is 7.11 Å². The van der Waals surface area contributed by atoms with Crippen LogP contribution in [0.1, 0.15) is 33.1 Å². The Hall–Kier alpha value is -1.06. The van der Waals surface area contributed by atoms with E-state index in [0.717, 1.165) is 6.42 Å². The molecule has 0 saturated carbocycles. The molecule has 0 bridgehead atoms. The molecule has 0 N–H and O–H groups in total. The molecule has 0 spiro atoms. The maximum Gasteiger partial charge on any atom is 0.347 e. The molecule has 0 aliphatic rings. The van der Waals surface area contributed by atoms with E-state index < -0.39 is 12.1 Å². The SMILES string of the molecule is CCCC(=O)OC(CC)C(=O)OC. The third kappa shape index (κ3) is 4.50. The van der Waals surface area contributed by atoms with E-state index in [-0.39, 0.29) is 5.97 Å². The van der Waals surface area contributed by atoms with Gasteiger partial charge in [0.05, 0.1) is 7.11 Å². The molecular formula is C9H16O4. The predicted molar refractivity (Wildman–Crippen MR) is 47.1 cm³/mol. The molecule has 0 aromatic carbocycles. The molecule has 13 heavy (non-hydrogen) atoms. The number of hydrogen-bond acceptors (Lipinski definition) is 4. The average molecular weight is 188 g/mol. The lowest BCUT2D eigenvalue weighted by Gasteiger charge is -2.12. The Morgan fingerprint density at radius 1 is 1.31 bits per heavy atom. The Balaban J connectivity index is 3.97. The third-order valence-corrected chi connectivity index (χ3v) is 1.56. The molecule has 0 aromatic heterocycles. The van der Waals surface area contributed by atoms with Crippen molar-refractivity contribution in [3.63, 3.8) is 0 Å². The van der Waals surface area contributed by atoms with E-state index in [4.69, 9.17) is 4.74 Å². The van der Waals surface area contributed by atoms with Gasteiger partial charge in [-0.3, -0.25) is 4.79 Å². The Bertz CT molecular complexity index is 176. The van der Waals surface area contributed by atoms with E-state index in [9.17, 15) is 9.59 Å². The van der Waals surface area contributed by atoms with Gasteiger partial charge in [-0.25, -0.2) is 4.79 Å². The minimum atomic E-state index is -0.746. The highest BCUT2D eigenvalue weighted by atomic mass is 16.6. The number of ether oxygens (including phenoxy) is 2. The van der Waals surface area contributed by atoms with Crippen molar-refractivity contribution in [2.45, 2.75) is 39.2 Å². The first-order valence-corrected chi connectivity index (χ1v) is 4.43. The van der Waals surface area contributed by atoms with Crippen LogP contribution in [0.25, 0.3) is 0 Å². The zero-order chi connectivity index (χ0) is 10.3. The summed E-state index contributed by atoms with van der Waals surface area (Å²) >= 11 is 0. The Morgan fingerprint density at radius 2 is 1.92 bits per heavy atom. The van der Waals surface area contributed by atoms with Crippen LogP contribution in [-0.4, -0.2) is 25.2 Å². The fourth-order valence-electron chi connectivity index (χ4n) is 0.851. The number of carbonyl (C=O) groups excluding carboxylic acids is 2. The minimum Gasteiger partial charge on any atom is -0.466 e. The molecular weight excluding hydrogens is 172 g/mol. The molecule has 0 aromatic rings. The standard InChI is InChI=1S/C9H16O4/c1-4-6-8(10)13-7(5-2)9(11)12-3/h7H,4-6H2,1-3H3. The molecule has 4 heteroatoms. The summed E-state index contributed by atoms with van der Waals surface area (Å²) in [4.78, 5) is 22.0. The maximum atomic E-state index is 11.0. The van der Waals surface area contributed by atoms with Crippen molar-refractivity contribution in [2.24, 2.45) is 0 Å². The highest BCUT2D eigenvalue weighted by Gasteiger charge is 2.20. The topological polar surface area (TPSA) is 52.6 Å². The first-order valence-electron chi connectivity index (χ1n) is 4.43. The van der Waals surface area contributed by atoms with Crippen LogP contribution in [0.15, 0.2) is 0 Å². The zero-order valence-corrected chi connectivity index (χ0v) is 8.33. The molecule has 0 saturated heterocycles. The monoisotopic (exact) mass is 188 g/mol. The summed E-state index contributed by atoms with van der Waals surface area (Å²) in [5.41, 5.74) is 0. The molecule has 4 nitrogen and oxygen atoms in total. The van der Waals surface area contributed by atoms with Crippen molar-refractivity contribution in [3.8, 4) is 0 Å². The molecule has 0 fully saturated rings. The largest absolute Gasteiger partial charge is 0.466 e. The Morgan fingerprint density at radius 3 is 2.31 bits per heavy atom. The fraction of sp³-hybridized carbons (Fsp3) is 0.778. The number of carbonyl (C=O) groups is 2. The summed E-state index contributed by atoms with van der Waals surface area (Å²) in [6.07, 6.45) is 0.760. The lowest BCUT2D eigenvalue weighted by atomic mass is 10.3. The van der Waals surface area contributed by atoms with Gasteiger partial charge < -0.3 is 9.47 Å². The van der Waals surface area contributed by atoms with Crippen LogP contribution in [0, 0.1) is 0 Å². The molecule has 1 unspecified atom stereocenters. The highest BCUT2D eigenvalue weighted by molar-refractivity contribution is 5.79. The van der Waals surface area contributed by atoms with Crippen molar-refractivity contribution in [3.05, 3.63) is 0 Å². The Kier molecular flexibility index (Phi) is 5.93. The van der Waals surface area contributed by atoms with Crippen LogP contribution in [0.2, 0.25) is 0 Å². The van der Waals surface area contributed by atoms with E-state index in [0.29, 0.717) is 12.8 Å². The summed E-state index contributed by atoms with van der Waals surface area (Å²) in [5, 5.41) is 0. The number of esters is 2. The molecule has 0 amide bonds. The second-order valence-corrected chi connectivity index (χ2v) is 2.66. The lowest BCUT2D eigenvalue weighted by Crippen LogP contribution is -2.27. The van der Waals surface area contributed by atoms with Crippen LogP contribution in [0.4, 0.5) is 0 Å². The maximum absolute atomic E-state index is 11.0. The van der Waals surface area contributed by atoms with Gasteiger partial charge in [0.1, 0.15) is 0 Å². The number of hydrogen-bond donors (Lipinski definition) is 0. The molecule has 0 heterocycles. The Labute approximate surface area is 78.2 Å². The van der Waals surface area contributed by atoms with Gasteiger partial charge in [0.25, 0.3) is 0 Å². The van der Waals surface area contributed by atoms with Crippen LogP contribution >= 0.6 is 0 Å². The van der Waals surface area contributed by atoms with Gasteiger partial charge >= 0.3 is 11.9 Å². The highest BCUT2D eigenvalue weighted by Crippen LogP contribution is 2.03. The second kappa shape index (κ2) is 6.46. The summed E-state index contributed by atoms with van der Waals surface area (Å²) in [7, 11) is 1.28. The number of rotatable bonds is 5. The minimum absolute atomic E-state index is 0.341. The first kappa shape index (κ1) is 11.9. The van der Waals surface area contributed by atoms with E-state index in [2.05, 4.69) is 4.74 Å². The van der Waals surface area contributed by atoms with Gasteiger partial charge in [0.15, 0.2) is 6.10 Å². The zero-order valence-electron chi connectivity index (χ0n) is 8.33. The third-order valence-electron chi connectivity index (χ3n) is 1.56. The molecule has 0 aliphatic heterocycles. The summed E-state index contributed by atoms with van der Waals surface area (Å²) < 4.78 is 9.35. The van der Waals surface area contributed by atoms with Gasteiger partial charge in [-0.15, -0.1) is 0 Å². The normalized spacial score (nSPS) is 11.9. The van der Waals surface area contributed by atoms with E-state index in [1.807, 2.05) is 6.92 Å². The van der Waals surface area contributed by atoms with Gasteiger partial charge in [-0.1, -0.05) is 13.8 Å². The van der Waals surface area contributed by atoms with Crippen molar-refractivity contribution in [1.29, 1.82) is 0 Å². The van der Waals surface area contributed by atoms with Crippen molar-refractivity contribution < 1.29 is 19.1 Å². The smallest absolute Gasteiger partial charge is 0.347 e. The van der Waals surface area contributed by atoms with E-state index >= 15 is 0 Å². The molecule has 76 valence electrons. The van der Waals surface area contributed by atoms with Crippen molar-refractivity contribution >= 4 is 11.9 Å². The molecule has 0 rings (SSSR count). The van der Waals surface area contributed by atoms with Gasteiger partial charge in [-0.05, 0) is 12.8 Å².